The molecule has 0 aliphatic heterocycles. The number of carbonyl (C=O) groups excluding carboxylic acids is 1. The molecule has 5 nitrogen and oxygen atoms in total. The van der Waals surface area contributed by atoms with Gasteiger partial charge in [-0.15, -0.1) is 0 Å². The number of nitrogen functional groups attached to an aromatic ring is 1. The third kappa shape index (κ3) is 5.04. The molecule has 1 rings (SSSR count). The lowest BCUT2D eigenvalue weighted by atomic mass is 10.2. The Kier molecular flexibility index (Phi) is 6.20. The summed E-state index contributed by atoms with van der Waals surface area (Å²) in [5, 5.41) is 1.59. The fourth-order valence-corrected chi connectivity index (χ4v) is 3.25. The summed E-state index contributed by atoms with van der Waals surface area (Å²) in [6.07, 6.45) is 2.38. The molecule has 3 N–H and O–H groups in total. The Bertz CT molecular complexity index is 597. The standard InChI is InChI=1S/C15H24N2O3S/c1-4-5-6-9-21(19,20)12(3)15(18)17-14-10-13(16)8-7-11(14)2/h7-8,10,12H,4-6,9,16H2,1-3H3,(H,17,18). The monoisotopic (exact) mass is 312 g/mol. The molecule has 0 aromatic heterocycles. The summed E-state index contributed by atoms with van der Waals surface area (Å²) in [4.78, 5) is 12.1. The van der Waals surface area contributed by atoms with E-state index >= 15 is 0 Å². The number of sulfone groups is 1. The third-order valence-electron chi connectivity index (χ3n) is 3.46. The second-order valence-corrected chi connectivity index (χ2v) is 7.72. The van der Waals surface area contributed by atoms with E-state index in [0.717, 1.165) is 18.4 Å². The Balaban J connectivity index is 2.76. The molecule has 6 heteroatoms. The Morgan fingerprint density at radius 2 is 2.00 bits per heavy atom. The van der Waals surface area contributed by atoms with Crippen molar-refractivity contribution in [3.8, 4) is 0 Å². The van der Waals surface area contributed by atoms with Crippen molar-refractivity contribution in [1.29, 1.82) is 0 Å². The topological polar surface area (TPSA) is 89.3 Å². The van der Waals surface area contributed by atoms with E-state index in [0.29, 0.717) is 17.8 Å². The van der Waals surface area contributed by atoms with Gasteiger partial charge in [0.15, 0.2) is 9.84 Å². The summed E-state index contributed by atoms with van der Waals surface area (Å²) in [7, 11) is -3.42. The number of anilines is 2. The van der Waals surface area contributed by atoms with Gasteiger partial charge in [0.1, 0.15) is 5.25 Å². The first kappa shape index (κ1) is 17.5. The minimum Gasteiger partial charge on any atom is -0.399 e. The van der Waals surface area contributed by atoms with Crippen molar-refractivity contribution in [3.05, 3.63) is 23.8 Å². The van der Waals surface area contributed by atoms with E-state index in [1.54, 1.807) is 18.2 Å². The summed E-state index contributed by atoms with van der Waals surface area (Å²) < 4.78 is 24.2. The third-order valence-corrected chi connectivity index (χ3v) is 5.61. The van der Waals surface area contributed by atoms with E-state index in [-0.39, 0.29) is 5.75 Å². The van der Waals surface area contributed by atoms with Gasteiger partial charge in [-0.3, -0.25) is 4.79 Å². The number of amides is 1. The van der Waals surface area contributed by atoms with E-state index in [2.05, 4.69) is 5.32 Å². The predicted molar refractivity (Wildman–Crippen MR) is 87.0 cm³/mol. The van der Waals surface area contributed by atoms with Crippen LogP contribution in [0.25, 0.3) is 0 Å². The molecule has 1 amide bonds. The lowest BCUT2D eigenvalue weighted by Crippen LogP contribution is -2.34. The molecular weight excluding hydrogens is 288 g/mol. The highest BCUT2D eigenvalue weighted by Crippen LogP contribution is 2.19. The van der Waals surface area contributed by atoms with Gasteiger partial charge >= 0.3 is 0 Å². The summed E-state index contributed by atoms with van der Waals surface area (Å²) in [5.41, 5.74) is 7.59. The molecule has 0 fully saturated rings. The van der Waals surface area contributed by atoms with Gasteiger partial charge in [-0.1, -0.05) is 25.8 Å². The molecule has 21 heavy (non-hydrogen) atoms. The molecule has 0 spiro atoms. The average molecular weight is 312 g/mol. The zero-order valence-corrected chi connectivity index (χ0v) is 13.7. The maximum absolute atomic E-state index is 12.1. The number of hydrogen-bond donors (Lipinski definition) is 2. The van der Waals surface area contributed by atoms with Gasteiger partial charge < -0.3 is 11.1 Å². The highest BCUT2D eigenvalue weighted by atomic mass is 32.2. The number of nitrogens with two attached hydrogens (primary N) is 1. The molecule has 118 valence electrons. The van der Waals surface area contributed by atoms with Crippen molar-refractivity contribution in [2.24, 2.45) is 0 Å². The molecule has 0 radical (unpaired) electrons. The molecule has 0 aliphatic rings. The van der Waals surface area contributed by atoms with Crippen molar-refractivity contribution < 1.29 is 13.2 Å². The summed E-state index contributed by atoms with van der Waals surface area (Å²) in [6.45, 7) is 5.26. The van der Waals surface area contributed by atoms with E-state index in [1.807, 2.05) is 13.8 Å². The molecule has 1 aromatic carbocycles. The van der Waals surface area contributed by atoms with Gasteiger partial charge in [0.2, 0.25) is 5.91 Å². The molecular formula is C15H24N2O3S. The molecule has 1 unspecified atom stereocenters. The van der Waals surface area contributed by atoms with Crippen LogP contribution in [0.15, 0.2) is 18.2 Å². The molecule has 0 bridgehead atoms. The second kappa shape index (κ2) is 7.45. The van der Waals surface area contributed by atoms with Gasteiger partial charge in [0.25, 0.3) is 0 Å². The van der Waals surface area contributed by atoms with Crippen LogP contribution in [0.5, 0.6) is 0 Å². The SMILES string of the molecule is CCCCCS(=O)(=O)C(C)C(=O)Nc1cc(N)ccc1C. The van der Waals surface area contributed by atoms with Crippen LogP contribution in [0, 0.1) is 6.92 Å². The van der Waals surface area contributed by atoms with E-state index in [4.69, 9.17) is 5.73 Å². The van der Waals surface area contributed by atoms with Crippen LogP contribution in [0.1, 0.15) is 38.7 Å². The van der Waals surface area contributed by atoms with Crippen molar-refractivity contribution in [2.75, 3.05) is 16.8 Å². The first-order valence-electron chi connectivity index (χ1n) is 7.16. The number of rotatable bonds is 7. The largest absolute Gasteiger partial charge is 0.399 e. The summed E-state index contributed by atoms with van der Waals surface area (Å²) >= 11 is 0. The molecule has 0 heterocycles. The summed E-state index contributed by atoms with van der Waals surface area (Å²) in [6, 6.07) is 5.14. The first-order chi connectivity index (χ1) is 9.77. The predicted octanol–water partition coefficient (Wildman–Crippen LogP) is 2.51. The van der Waals surface area contributed by atoms with Gasteiger partial charge in [-0.05, 0) is 38.0 Å². The lowest BCUT2D eigenvalue weighted by Gasteiger charge is -2.15. The van der Waals surface area contributed by atoms with Crippen LogP contribution in [0.2, 0.25) is 0 Å². The molecule has 1 atom stereocenters. The van der Waals surface area contributed by atoms with Crippen molar-refractivity contribution in [1.82, 2.24) is 0 Å². The van der Waals surface area contributed by atoms with Crippen LogP contribution in [-0.4, -0.2) is 25.3 Å². The fourth-order valence-electron chi connectivity index (χ4n) is 1.90. The number of unbranched alkanes of at least 4 members (excludes halogenated alkanes) is 2. The average Bonchev–Trinajstić information content (AvgIpc) is 2.42. The van der Waals surface area contributed by atoms with Crippen LogP contribution in [0.4, 0.5) is 11.4 Å². The zero-order valence-electron chi connectivity index (χ0n) is 12.8. The molecule has 0 aliphatic carbocycles. The van der Waals surface area contributed by atoms with Crippen molar-refractivity contribution >= 4 is 27.1 Å². The van der Waals surface area contributed by atoms with Gasteiger partial charge in [-0.2, -0.15) is 0 Å². The second-order valence-electron chi connectivity index (χ2n) is 5.28. The van der Waals surface area contributed by atoms with Gasteiger partial charge in [0, 0.05) is 11.4 Å². The fraction of sp³-hybridized carbons (Fsp3) is 0.533. The molecule has 1 aromatic rings. The lowest BCUT2D eigenvalue weighted by molar-refractivity contribution is -0.115. The minimum atomic E-state index is -3.42. The maximum Gasteiger partial charge on any atom is 0.242 e. The van der Waals surface area contributed by atoms with Crippen LogP contribution < -0.4 is 11.1 Å². The summed E-state index contributed by atoms with van der Waals surface area (Å²) in [5.74, 6) is -0.467. The smallest absolute Gasteiger partial charge is 0.242 e. The first-order valence-corrected chi connectivity index (χ1v) is 8.88. The Morgan fingerprint density at radius 1 is 1.33 bits per heavy atom. The van der Waals surface area contributed by atoms with Crippen LogP contribution >= 0.6 is 0 Å². The number of hydrogen-bond acceptors (Lipinski definition) is 4. The minimum absolute atomic E-state index is 0.0470. The Morgan fingerprint density at radius 3 is 2.62 bits per heavy atom. The van der Waals surface area contributed by atoms with Crippen LogP contribution in [0.3, 0.4) is 0 Å². The maximum atomic E-state index is 12.1. The van der Waals surface area contributed by atoms with E-state index < -0.39 is 21.0 Å². The zero-order chi connectivity index (χ0) is 16.0. The number of aryl methyl sites for hydroxylation is 1. The quantitative estimate of drug-likeness (QED) is 0.598. The van der Waals surface area contributed by atoms with Crippen molar-refractivity contribution in [3.63, 3.8) is 0 Å². The normalized spacial score (nSPS) is 12.9. The Hall–Kier alpha value is -1.56. The van der Waals surface area contributed by atoms with E-state index in [9.17, 15) is 13.2 Å². The van der Waals surface area contributed by atoms with Gasteiger partial charge in [-0.25, -0.2) is 8.42 Å². The van der Waals surface area contributed by atoms with Crippen molar-refractivity contribution in [2.45, 2.75) is 45.3 Å². The molecule has 0 saturated heterocycles. The number of benzene rings is 1. The van der Waals surface area contributed by atoms with Gasteiger partial charge in [0.05, 0.1) is 5.75 Å². The van der Waals surface area contributed by atoms with E-state index in [1.165, 1.54) is 6.92 Å². The highest BCUT2D eigenvalue weighted by Gasteiger charge is 2.27. The van der Waals surface area contributed by atoms with Crippen LogP contribution in [-0.2, 0) is 14.6 Å². The highest BCUT2D eigenvalue weighted by molar-refractivity contribution is 7.92. The number of nitrogens with one attached hydrogen (secondary N) is 1. The molecule has 0 saturated carbocycles. The number of carbonyl (C=O) groups is 1. The Labute approximate surface area is 126 Å².